The summed E-state index contributed by atoms with van der Waals surface area (Å²) in [5, 5.41) is 0.269. The molecule has 0 bridgehead atoms. The van der Waals surface area contributed by atoms with Gasteiger partial charge in [-0.25, -0.2) is 9.36 Å². The lowest BCUT2D eigenvalue weighted by Gasteiger charge is -2.05. The highest BCUT2D eigenvalue weighted by molar-refractivity contribution is 9.10. The van der Waals surface area contributed by atoms with Crippen molar-refractivity contribution in [2.45, 2.75) is 6.54 Å². The third-order valence-electron chi connectivity index (χ3n) is 3.25. The average molecular weight is 360 g/mol. The van der Waals surface area contributed by atoms with Crippen LogP contribution in [0.2, 0.25) is 0 Å². The van der Waals surface area contributed by atoms with Gasteiger partial charge in [0.15, 0.2) is 5.78 Å². The fraction of sp³-hybridized carbons (Fsp3) is 0.0625. The number of para-hydroxylation sites is 1. The predicted octanol–water partition coefficient (Wildman–Crippen LogP) is 2.60. The van der Waals surface area contributed by atoms with Gasteiger partial charge in [-0.3, -0.25) is 9.59 Å². The maximum absolute atomic E-state index is 12.3. The molecule has 0 amide bonds. The number of ketones is 1. The Balaban J connectivity index is 2.04. The summed E-state index contributed by atoms with van der Waals surface area (Å²) in [5.41, 5.74) is 0.102. The van der Waals surface area contributed by atoms with E-state index in [4.69, 9.17) is 4.42 Å². The van der Waals surface area contributed by atoms with Gasteiger partial charge in [0.1, 0.15) is 5.58 Å². The molecule has 6 heteroatoms. The van der Waals surface area contributed by atoms with Crippen molar-refractivity contribution in [3.8, 4) is 0 Å². The van der Waals surface area contributed by atoms with Crippen LogP contribution in [0.3, 0.4) is 0 Å². The molecule has 22 heavy (non-hydrogen) atoms. The first kappa shape index (κ1) is 14.5. The summed E-state index contributed by atoms with van der Waals surface area (Å²) < 4.78 is 6.73. The Bertz CT molecular complexity index is 970. The number of rotatable bonds is 3. The molecular weight excluding hydrogens is 350 g/mol. The van der Waals surface area contributed by atoms with E-state index in [9.17, 15) is 14.4 Å². The molecule has 110 valence electrons. The number of hydrogen-bond acceptors (Lipinski definition) is 4. The fourth-order valence-electron chi connectivity index (χ4n) is 2.12. The van der Waals surface area contributed by atoms with Gasteiger partial charge in [-0.1, -0.05) is 40.2 Å². The lowest BCUT2D eigenvalue weighted by Crippen LogP contribution is -2.35. The molecular formula is C16H10BrNO4. The van der Waals surface area contributed by atoms with Crippen molar-refractivity contribution in [1.82, 2.24) is 4.57 Å². The van der Waals surface area contributed by atoms with E-state index in [0.717, 1.165) is 9.04 Å². The number of carbonyl (C=O) groups is 1. The van der Waals surface area contributed by atoms with Crippen LogP contribution in [-0.2, 0) is 6.54 Å². The Labute approximate surface area is 132 Å². The van der Waals surface area contributed by atoms with Gasteiger partial charge in [0.25, 0.3) is 5.56 Å². The standard InChI is InChI=1S/C16H10BrNO4/c17-11-7-5-10(6-8-11)13(19)9-18-15(20)12-3-1-2-4-14(12)22-16(18)21/h1-8H,9H2. The molecule has 0 aliphatic carbocycles. The first-order valence-electron chi connectivity index (χ1n) is 6.48. The molecule has 2 aromatic carbocycles. The van der Waals surface area contributed by atoms with Gasteiger partial charge >= 0.3 is 5.76 Å². The van der Waals surface area contributed by atoms with Crippen molar-refractivity contribution in [2.75, 3.05) is 0 Å². The Kier molecular flexibility index (Phi) is 3.77. The fourth-order valence-corrected chi connectivity index (χ4v) is 2.38. The van der Waals surface area contributed by atoms with Gasteiger partial charge in [0, 0.05) is 10.0 Å². The summed E-state index contributed by atoms with van der Waals surface area (Å²) in [7, 11) is 0. The zero-order valence-corrected chi connectivity index (χ0v) is 12.9. The van der Waals surface area contributed by atoms with Crippen LogP contribution in [0.25, 0.3) is 11.0 Å². The highest BCUT2D eigenvalue weighted by atomic mass is 79.9. The number of Topliss-reactive ketones (excluding diaryl/α,β-unsaturated/α-hetero) is 1. The molecule has 0 aliphatic rings. The van der Waals surface area contributed by atoms with Gasteiger partial charge in [0.05, 0.1) is 11.9 Å². The molecule has 3 rings (SSSR count). The first-order valence-corrected chi connectivity index (χ1v) is 7.27. The number of hydrogen-bond donors (Lipinski definition) is 0. The second kappa shape index (κ2) is 5.73. The van der Waals surface area contributed by atoms with E-state index in [1.807, 2.05) is 0 Å². The van der Waals surface area contributed by atoms with Gasteiger partial charge in [-0.05, 0) is 24.3 Å². The smallest absolute Gasteiger partial charge is 0.409 e. The number of carbonyl (C=O) groups excluding carboxylic acids is 1. The number of fused-ring (bicyclic) bond motifs is 1. The highest BCUT2D eigenvalue weighted by Crippen LogP contribution is 2.11. The summed E-state index contributed by atoms with van der Waals surface area (Å²) in [4.78, 5) is 36.4. The molecule has 0 spiro atoms. The molecule has 0 saturated carbocycles. The molecule has 5 nitrogen and oxygen atoms in total. The summed E-state index contributed by atoms with van der Waals surface area (Å²) in [6, 6.07) is 13.1. The molecule has 0 radical (unpaired) electrons. The quantitative estimate of drug-likeness (QED) is 0.674. The minimum Gasteiger partial charge on any atom is -0.409 e. The van der Waals surface area contributed by atoms with Gasteiger partial charge in [0.2, 0.25) is 0 Å². The van der Waals surface area contributed by atoms with E-state index < -0.39 is 11.3 Å². The molecule has 0 saturated heterocycles. The van der Waals surface area contributed by atoms with Crippen molar-refractivity contribution in [1.29, 1.82) is 0 Å². The van der Waals surface area contributed by atoms with Crippen LogP contribution in [0.4, 0.5) is 0 Å². The largest absolute Gasteiger partial charge is 0.422 e. The Morgan fingerprint density at radius 1 is 1.05 bits per heavy atom. The lowest BCUT2D eigenvalue weighted by atomic mass is 10.1. The van der Waals surface area contributed by atoms with Crippen LogP contribution in [0.5, 0.6) is 0 Å². The van der Waals surface area contributed by atoms with Gasteiger partial charge < -0.3 is 4.42 Å². The molecule has 0 atom stereocenters. The maximum Gasteiger partial charge on any atom is 0.422 e. The van der Waals surface area contributed by atoms with E-state index >= 15 is 0 Å². The predicted molar refractivity (Wildman–Crippen MR) is 85.2 cm³/mol. The van der Waals surface area contributed by atoms with E-state index in [1.54, 1.807) is 48.5 Å². The van der Waals surface area contributed by atoms with Crippen molar-refractivity contribution in [3.05, 3.63) is 79.5 Å². The second-order valence-corrected chi connectivity index (χ2v) is 5.60. The first-order chi connectivity index (χ1) is 10.6. The topological polar surface area (TPSA) is 69.3 Å². The van der Waals surface area contributed by atoms with Crippen LogP contribution in [0.15, 0.2) is 67.0 Å². The molecule has 0 aliphatic heterocycles. The zero-order valence-electron chi connectivity index (χ0n) is 11.3. The SMILES string of the molecule is O=C(Cn1c(=O)oc2ccccc2c1=O)c1ccc(Br)cc1. The van der Waals surface area contributed by atoms with E-state index in [2.05, 4.69) is 15.9 Å². The van der Waals surface area contributed by atoms with Crippen molar-refractivity contribution in [3.63, 3.8) is 0 Å². The molecule has 0 N–H and O–H groups in total. The Hall–Kier alpha value is -2.47. The lowest BCUT2D eigenvalue weighted by molar-refractivity contribution is 0.0966. The van der Waals surface area contributed by atoms with E-state index in [-0.39, 0.29) is 23.3 Å². The van der Waals surface area contributed by atoms with Crippen LogP contribution in [0.1, 0.15) is 10.4 Å². The Morgan fingerprint density at radius 3 is 2.45 bits per heavy atom. The molecule has 1 heterocycles. The minimum atomic E-state index is -0.839. The van der Waals surface area contributed by atoms with Crippen LogP contribution in [-0.4, -0.2) is 10.4 Å². The normalized spacial score (nSPS) is 10.8. The van der Waals surface area contributed by atoms with E-state index in [1.165, 1.54) is 0 Å². The summed E-state index contributed by atoms with van der Waals surface area (Å²) in [6.07, 6.45) is 0. The maximum atomic E-state index is 12.3. The number of benzene rings is 2. The summed E-state index contributed by atoms with van der Waals surface area (Å²) in [6.45, 7) is -0.354. The molecule has 0 fully saturated rings. The summed E-state index contributed by atoms with van der Waals surface area (Å²) >= 11 is 3.28. The average Bonchev–Trinajstić information content (AvgIpc) is 2.52. The van der Waals surface area contributed by atoms with E-state index in [0.29, 0.717) is 5.56 Å². The molecule has 3 aromatic rings. The van der Waals surface area contributed by atoms with Crippen molar-refractivity contribution in [2.24, 2.45) is 0 Å². The number of halogens is 1. The zero-order chi connectivity index (χ0) is 15.7. The third kappa shape index (κ3) is 2.65. The van der Waals surface area contributed by atoms with Gasteiger partial charge in [-0.15, -0.1) is 0 Å². The minimum absolute atomic E-state index is 0.213. The molecule has 1 aromatic heterocycles. The van der Waals surface area contributed by atoms with Crippen molar-refractivity contribution >= 4 is 32.7 Å². The third-order valence-corrected chi connectivity index (χ3v) is 3.78. The van der Waals surface area contributed by atoms with Crippen molar-refractivity contribution < 1.29 is 9.21 Å². The van der Waals surface area contributed by atoms with Crippen LogP contribution >= 0.6 is 15.9 Å². The number of nitrogens with zero attached hydrogens (tertiary/aromatic N) is 1. The number of aromatic nitrogens is 1. The monoisotopic (exact) mass is 359 g/mol. The Morgan fingerprint density at radius 2 is 1.73 bits per heavy atom. The van der Waals surface area contributed by atoms with Crippen LogP contribution in [0, 0.1) is 0 Å². The second-order valence-electron chi connectivity index (χ2n) is 4.69. The molecule has 0 unspecified atom stereocenters. The van der Waals surface area contributed by atoms with Gasteiger partial charge in [-0.2, -0.15) is 0 Å². The highest BCUT2D eigenvalue weighted by Gasteiger charge is 2.14. The summed E-state index contributed by atoms with van der Waals surface area (Å²) in [5.74, 6) is -1.17. The van der Waals surface area contributed by atoms with Crippen LogP contribution < -0.4 is 11.3 Å².